The van der Waals surface area contributed by atoms with Gasteiger partial charge < -0.3 is 9.80 Å². The van der Waals surface area contributed by atoms with Gasteiger partial charge in [-0.3, -0.25) is 0 Å². The zero-order valence-electron chi connectivity index (χ0n) is 48.1. The quantitative estimate of drug-likeness (QED) is 0.152. The molecular formula is C78H62N4S. The molecular weight excluding hydrogens is 1020 g/mol. The van der Waals surface area contributed by atoms with Gasteiger partial charge in [-0.05, 0) is 184 Å². The van der Waals surface area contributed by atoms with Crippen molar-refractivity contribution < 1.29 is 0 Å². The van der Waals surface area contributed by atoms with Gasteiger partial charge in [0.1, 0.15) is 5.52 Å². The molecule has 0 radical (unpaired) electrons. The fourth-order valence-corrected chi connectivity index (χ4v) is 15.9. The summed E-state index contributed by atoms with van der Waals surface area (Å²) < 4.78 is 5.69. The van der Waals surface area contributed by atoms with Crippen LogP contribution in [0.5, 0.6) is 0 Å². The molecule has 1 heterocycles. The maximum absolute atomic E-state index is 4.85. The minimum atomic E-state index is -0.136. The van der Waals surface area contributed by atoms with Crippen molar-refractivity contribution >= 4 is 55.9 Å². The van der Waals surface area contributed by atoms with Gasteiger partial charge >= 0.3 is 0 Å². The van der Waals surface area contributed by atoms with E-state index < -0.39 is 0 Å². The maximum atomic E-state index is 4.85. The second-order valence-corrected chi connectivity index (χ2v) is 26.2. The Morgan fingerprint density at radius 2 is 0.530 bits per heavy atom. The molecule has 4 aliphatic rings. The number of rotatable bonds is 8. The highest BCUT2D eigenvalue weighted by Gasteiger charge is 2.40. The highest BCUT2D eigenvalue weighted by molar-refractivity contribution is 7.13. The van der Waals surface area contributed by atoms with Gasteiger partial charge in [0.15, 0.2) is 0 Å². The molecule has 12 aromatic rings. The van der Waals surface area contributed by atoms with Crippen LogP contribution >= 0.6 is 11.5 Å². The summed E-state index contributed by atoms with van der Waals surface area (Å²) in [7, 11) is 0. The molecule has 0 bridgehead atoms. The molecule has 0 amide bonds. The van der Waals surface area contributed by atoms with Crippen molar-refractivity contribution in [3.05, 3.63) is 275 Å². The molecule has 0 N–H and O–H groups in total. The lowest BCUT2D eigenvalue weighted by molar-refractivity contribution is 0.659. The van der Waals surface area contributed by atoms with Crippen molar-refractivity contribution in [1.29, 1.82) is 0 Å². The minimum absolute atomic E-state index is 0.135. The summed E-state index contributed by atoms with van der Waals surface area (Å²) in [5.41, 5.74) is 33.0. The molecule has 0 aliphatic heterocycles. The lowest BCUT2D eigenvalue weighted by Gasteiger charge is -2.30. The second kappa shape index (κ2) is 17.7. The first-order valence-corrected chi connectivity index (χ1v) is 30.0. The predicted octanol–water partition coefficient (Wildman–Crippen LogP) is 21.2. The third-order valence-corrected chi connectivity index (χ3v) is 20.3. The van der Waals surface area contributed by atoms with Gasteiger partial charge in [-0.15, -0.1) is 5.10 Å². The van der Waals surface area contributed by atoms with Crippen molar-refractivity contribution in [2.45, 2.75) is 77.0 Å². The Kier molecular flexibility index (Phi) is 10.6. The first-order valence-electron chi connectivity index (χ1n) is 29.2. The summed E-state index contributed by atoms with van der Waals surface area (Å²) in [5.74, 6) is 0. The van der Waals surface area contributed by atoms with Crippen molar-refractivity contribution in [1.82, 2.24) is 9.59 Å². The van der Waals surface area contributed by atoms with Crippen LogP contribution in [0.2, 0.25) is 0 Å². The molecule has 400 valence electrons. The number of benzene rings is 11. The summed E-state index contributed by atoms with van der Waals surface area (Å²) in [4.78, 5) is 4.90. The third-order valence-electron chi connectivity index (χ3n) is 19.6. The summed E-state index contributed by atoms with van der Waals surface area (Å²) in [6, 6.07) is 86.7. The standard InChI is InChI=1S/C78H62N4S/c1-75(2)65-21-13-9-17-57(65)61-37-33-51(43-69(61)75)81(52-34-38-62-58-18-10-14-22-66(58)76(3,4)70(62)44-52)49-29-25-47(26-30-49)55-41-42-56(74-73(55)79-80-83-74)48-27-31-50(32-28-48)82(53-35-39-63-59-19-11-15-23-67(59)77(5,6)71(63)45-53)54-36-40-64-60-20-12-16-24-68(60)78(7,8)72(64)46-54/h9-46H,1-8H3. The molecule has 0 spiro atoms. The molecule has 16 rings (SSSR count). The zero-order valence-corrected chi connectivity index (χ0v) is 49.0. The lowest BCUT2D eigenvalue weighted by Crippen LogP contribution is -2.18. The first-order chi connectivity index (χ1) is 40.2. The van der Waals surface area contributed by atoms with E-state index in [4.69, 9.17) is 5.10 Å². The van der Waals surface area contributed by atoms with E-state index in [1.54, 1.807) is 0 Å². The topological polar surface area (TPSA) is 32.3 Å². The normalized spacial score (nSPS) is 15.4. The van der Waals surface area contributed by atoms with Crippen molar-refractivity contribution in [3.63, 3.8) is 0 Å². The van der Waals surface area contributed by atoms with E-state index >= 15 is 0 Å². The molecule has 4 aliphatic carbocycles. The van der Waals surface area contributed by atoms with E-state index in [2.05, 4.69) is 300 Å². The number of aromatic nitrogens is 2. The Morgan fingerprint density at radius 1 is 0.265 bits per heavy atom. The number of anilines is 6. The Bertz CT molecular complexity index is 4180. The number of nitrogens with zero attached hydrogens (tertiary/aromatic N) is 4. The number of hydrogen-bond donors (Lipinski definition) is 0. The fourth-order valence-electron chi connectivity index (χ4n) is 15.1. The van der Waals surface area contributed by atoms with Crippen LogP contribution in [-0.4, -0.2) is 9.59 Å². The van der Waals surface area contributed by atoms with Crippen LogP contribution < -0.4 is 9.80 Å². The van der Waals surface area contributed by atoms with Crippen molar-refractivity contribution in [2.24, 2.45) is 0 Å². The summed E-state index contributed by atoms with van der Waals surface area (Å²) in [6.45, 7) is 18.9. The van der Waals surface area contributed by atoms with E-state index in [1.165, 1.54) is 101 Å². The Morgan fingerprint density at radius 3 is 0.867 bits per heavy atom. The van der Waals surface area contributed by atoms with Crippen LogP contribution in [0.25, 0.3) is 77.0 Å². The van der Waals surface area contributed by atoms with Crippen LogP contribution in [0.1, 0.15) is 99.9 Å². The van der Waals surface area contributed by atoms with Gasteiger partial charge in [-0.1, -0.05) is 218 Å². The lowest BCUT2D eigenvalue weighted by atomic mass is 9.82. The molecule has 11 aromatic carbocycles. The van der Waals surface area contributed by atoms with E-state index in [1.807, 2.05) is 0 Å². The average Bonchev–Trinajstić information content (AvgIpc) is 2.33. The molecule has 0 saturated heterocycles. The fraction of sp³-hybridized carbons (Fsp3) is 0.154. The Hall–Kier alpha value is -9.16. The molecule has 0 saturated carbocycles. The molecule has 4 nitrogen and oxygen atoms in total. The van der Waals surface area contributed by atoms with Crippen LogP contribution in [0, 0.1) is 0 Å². The molecule has 83 heavy (non-hydrogen) atoms. The second-order valence-electron chi connectivity index (χ2n) is 25.5. The largest absolute Gasteiger partial charge is 0.310 e. The maximum Gasteiger partial charge on any atom is 0.114 e. The van der Waals surface area contributed by atoms with Gasteiger partial charge in [0, 0.05) is 66.9 Å². The predicted molar refractivity (Wildman–Crippen MR) is 348 cm³/mol. The van der Waals surface area contributed by atoms with E-state index in [-0.39, 0.29) is 21.7 Å². The monoisotopic (exact) mass is 1090 g/mol. The summed E-state index contributed by atoms with van der Waals surface area (Å²) in [6.07, 6.45) is 0. The van der Waals surface area contributed by atoms with E-state index in [0.29, 0.717) is 0 Å². The van der Waals surface area contributed by atoms with Crippen LogP contribution in [-0.2, 0) is 21.7 Å². The van der Waals surface area contributed by atoms with Gasteiger partial charge in [0.25, 0.3) is 0 Å². The van der Waals surface area contributed by atoms with Crippen LogP contribution in [0.4, 0.5) is 34.1 Å². The van der Waals surface area contributed by atoms with Gasteiger partial charge in [0.05, 0.1) is 4.70 Å². The van der Waals surface area contributed by atoms with Crippen molar-refractivity contribution in [3.8, 4) is 66.8 Å². The minimum Gasteiger partial charge on any atom is -0.310 e. The van der Waals surface area contributed by atoms with Crippen molar-refractivity contribution in [2.75, 3.05) is 9.80 Å². The highest BCUT2D eigenvalue weighted by Crippen LogP contribution is 2.56. The van der Waals surface area contributed by atoms with Gasteiger partial charge in [-0.2, -0.15) is 0 Å². The zero-order chi connectivity index (χ0) is 56.3. The number of fused-ring (bicyclic) bond motifs is 13. The molecule has 1 aromatic heterocycles. The average molecular weight is 1090 g/mol. The third kappa shape index (κ3) is 7.17. The SMILES string of the molecule is CC1(C)c2ccccc2-c2ccc(N(c3ccc(-c4ccc(-c5ccc(N(c6ccc7c(c6)C(C)(C)c6ccccc6-7)c6ccc7c(c6)C(C)(C)c6ccccc6-7)cc5)c5snnc45)cc3)c3ccc4c(c3)C(C)(C)c3ccccc3-4)cc21. The number of hydrogen-bond acceptors (Lipinski definition) is 5. The molecule has 0 atom stereocenters. The van der Waals surface area contributed by atoms with Gasteiger partial charge in [-0.25, -0.2) is 0 Å². The van der Waals surface area contributed by atoms with Crippen LogP contribution in [0.15, 0.2) is 231 Å². The molecule has 0 fully saturated rings. The molecule has 0 unspecified atom stereocenters. The van der Waals surface area contributed by atoms with Crippen LogP contribution in [0.3, 0.4) is 0 Å². The van der Waals surface area contributed by atoms with E-state index in [9.17, 15) is 0 Å². The van der Waals surface area contributed by atoms with E-state index in [0.717, 1.165) is 66.6 Å². The van der Waals surface area contributed by atoms with Gasteiger partial charge in [0.2, 0.25) is 0 Å². The Labute approximate surface area is 491 Å². The summed E-state index contributed by atoms with van der Waals surface area (Å²) in [5, 5.41) is 4.85. The highest BCUT2D eigenvalue weighted by atomic mass is 32.1. The summed E-state index contributed by atoms with van der Waals surface area (Å²) >= 11 is 1.47. The molecule has 5 heteroatoms. The Balaban J connectivity index is 0.760. The smallest absolute Gasteiger partial charge is 0.114 e. The first kappa shape index (κ1) is 49.6.